The van der Waals surface area contributed by atoms with E-state index in [1.54, 1.807) is 0 Å². The van der Waals surface area contributed by atoms with Gasteiger partial charge in [-0.3, -0.25) is 4.79 Å². The lowest BCUT2D eigenvalue weighted by Gasteiger charge is -2.23. The summed E-state index contributed by atoms with van der Waals surface area (Å²) >= 11 is 0. The highest BCUT2D eigenvalue weighted by Crippen LogP contribution is 2.17. The quantitative estimate of drug-likeness (QED) is 0.760. The van der Waals surface area contributed by atoms with E-state index in [1.165, 1.54) is 17.1 Å². The van der Waals surface area contributed by atoms with Gasteiger partial charge in [0.05, 0.1) is 12.8 Å². The molecule has 0 heterocycles. The number of nitrogens with one attached hydrogen (secondary N) is 1. The number of hydrogen-bond donors (Lipinski definition) is 1. The zero-order chi connectivity index (χ0) is 15.2. The van der Waals surface area contributed by atoms with Gasteiger partial charge in [-0.25, -0.2) is 8.42 Å². The van der Waals surface area contributed by atoms with Crippen LogP contribution in [0.3, 0.4) is 0 Å². The van der Waals surface area contributed by atoms with E-state index in [1.807, 2.05) is 13.8 Å². The van der Waals surface area contributed by atoms with E-state index in [9.17, 15) is 13.2 Å². The van der Waals surface area contributed by atoms with E-state index in [4.69, 9.17) is 0 Å². The van der Waals surface area contributed by atoms with Crippen molar-refractivity contribution >= 4 is 15.9 Å². The molecule has 1 saturated carbocycles. The van der Waals surface area contributed by atoms with Gasteiger partial charge >= 0.3 is 0 Å². The van der Waals surface area contributed by atoms with E-state index in [-0.39, 0.29) is 24.4 Å². The fourth-order valence-electron chi connectivity index (χ4n) is 2.58. The minimum Gasteiger partial charge on any atom is -0.352 e. The van der Waals surface area contributed by atoms with Crippen molar-refractivity contribution in [3.05, 3.63) is 0 Å². The molecule has 1 N–H and O–H groups in total. The van der Waals surface area contributed by atoms with Crippen molar-refractivity contribution in [3.8, 4) is 0 Å². The molecule has 0 saturated heterocycles. The van der Waals surface area contributed by atoms with Gasteiger partial charge in [0.1, 0.15) is 0 Å². The highest BCUT2D eigenvalue weighted by molar-refractivity contribution is 7.88. The Morgan fingerprint density at radius 1 is 1.20 bits per heavy atom. The Morgan fingerprint density at radius 2 is 1.75 bits per heavy atom. The van der Waals surface area contributed by atoms with Crippen LogP contribution in [0, 0.1) is 5.92 Å². The van der Waals surface area contributed by atoms with Gasteiger partial charge < -0.3 is 5.32 Å². The van der Waals surface area contributed by atoms with Crippen LogP contribution in [-0.2, 0) is 14.8 Å². The number of amides is 1. The first kappa shape index (κ1) is 17.4. The molecule has 0 aliphatic heterocycles. The van der Waals surface area contributed by atoms with Gasteiger partial charge in [0.2, 0.25) is 15.9 Å². The molecule has 5 nitrogen and oxygen atoms in total. The van der Waals surface area contributed by atoms with Crippen LogP contribution in [0.1, 0.15) is 52.4 Å². The molecule has 0 aromatic heterocycles. The van der Waals surface area contributed by atoms with Crippen molar-refractivity contribution in [3.63, 3.8) is 0 Å². The maximum absolute atomic E-state index is 12.0. The average molecular weight is 304 g/mol. The lowest BCUT2D eigenvalue weighted by Crippen LogP contribution is -2.44. The predicted octanol–water partition coefficient (Wildman–Crippen LogP) is 1.74. The fraction of sp³-hybridized carbons (Fsp3) is 0.929. The van der Waals surface area contributed by atoms with Crippen molar-refractivity contribution in [2.45, 2.75) is 58.4 Å². The van der Waals surface area contributed by atoms with E-state index >= 15 is 0 Å². The molecule has 0 spiro atoms. The molecule has 20 heavy (non-hydrogen) atoms. The lowest BCUT2D eigenvalue weighted by atomic mass is 10.1. The van der Waals surface area contributed by atoms with Crippen molar-refractivity contribution in [1.29, 1.82) is 0 Å². The summed E-state index contributed by atoms with van der Waals surface area (Å²) < 4.78 is 24.7. The molecular weight excluding hydrogens is 276 g/mol. The largest absolute Gasteiger partial charge is 0.352 e. The summed E-state index contributed by atoms with van der Waals surface area (Å²) in [6.07, 6.45) is 7.93. The molecule has 0 radical (unpaired) electrons. The summed E-state index contributed by atoms with van der Waals surface area (Å²) in [5, 5.41) is 2.99. The second kappa shape index (κ2) is 7.98. The fourth-order valence-corrected chi connectivity index (χ4v) is 3.50. The molecule has 1 rings (SSSR count). The van der Waals surface area contributed by atoms with Gasteiger partial charge in [0, 0.05) is 12.6 Å². The summed E-state index contributed by atoms with van der Waals surface area (Å²) in [6.45, 7) is 4.22. The number of rotatable bonds is 6. The summed E-state index contributed by atoms with van der Waals surface area (Å²) in [4.78, 5) is 12.0. The Morgan fingerprint density at radius 3 is 2.20 bits per heavy atom. The standard InChI is InChI=1S/C14H28N2O3S/c1-12(2)10-16(20(3,18)19)11-14(17)15-13-8-6-4-5-7-9-13/h12-13H,4-11H2,1-3H3,(H,15,17). The number of carbonyl (C=O) groups excluding carboxylic acids is 1. The zero-order valence-electron chi connectivity index (χ0n) is 12.9. The highest BCUT2D eigenvalue weighted by atomic mass is 32.2. The molecular formula is C14H28N2O3S. The Hall–Kier alpha value is -0.620. The summed E-state index contributed by atoms with van der Waals surface area (Å²) in [5.41, 5.74) is 0. The molecule has 1 fully saturated rings. The monoisotopic (exact) mass is 304 g/mol. The van der Waals surface area contributed by atoms with Crippen molar-refractivity contribution in [1.82, 2.24) is 9.62 Å². The topological polar surface area (TPSA) is 66.5 Å². The Labute approximate surface area is 123 Å². The molecule has 1 amide bonds. The van der Waals surface area contributed by atoms with Crippen LogP contribution in [0.15, 0.2) is 0 Å². The minimum atomic E-state index is -3.33. The summed E-state index contributed by atoms with van der Waals surface area (Å²) in [7, 11) is -3.33. The highest BCUT2D eigenvalue weighted by Gasteiger charge is 2.22. The predicted molar refractivity (Wildman–Crippen MR) is 80.9 cm³/mol. The third kappa shape index (κ3) is 6.70. The number of carbonyl (C=O) groups is 1. The molecule has 0 unspecified atom stereocenters. The lowest BCUT2D eigenvalue weighted by molar-refractivity contribution is -0.122. The van der Waals surface area contributed by atoms with Crippen LogP contribution in [0.2, 0.25) is 0 Å². The Balaban J connectivity index is 2.52. The first-order valence-corrected chi connectivity index (χ1v) is 9.38. The molecule has 1 aliphatic carbocycles. The summed E-state index contributed by atoms with van der Waals surface area (Å²) in [5.74, 6) is 0.0263. The normalized spacial score (nSPS) is 18.2. The van der Waals surface area contributed by atoms with Gasteiger partial charge in [-0.15, -0.1) is 0 Å². The van der Waals surface area contributed by atoms with Gasteiger partial charge in [0.15, 0.2) is 0 Å². The van der Waals surface area contributed by atoms with Crippen molar-refractivity contribution in [2.75, 3.05) is 19.3 Å². The third-order valence-corrected chi connectivity index (χ3v) is 4.79. The van der Waals surface area contributed by atoms with Crippen LogP contribution < -0.4 is 5.32 Å². The molecule has 1 aliphatic rings. The van der Waals surface area contributed by atoms with Crippen LogP contribution in [0.5, 0.6) is 0 Å². The minimum absolute atomic E-state index is 0.0620. The molecule has 118 valence electrons. The summed E-state index contributed by atoms with van der Waals surface area (Å²) in [6, 6.07) is 0.213. The van der Waals surface area contributed by atoms with Crippen molar-refractivity contribution < 1.29 is 13.2 Å². The maximum atomic E-state index is 12.0. The second-order valence-corrected chi connectivity index (χ2v) is 8.19. The molecule has 0 aromatic rings. The van der Waals surface area contributed by atoms with Crippen LogP contribution >= 0.6 is 0 Å². The molecule has 6 heteroatoms. The second-order valence-electron chi connectivity index (χ2n) is 6.21. The van der Waals surface area contributed by atoms with Crippen LogP contribution in [0.4, 0.5) is 0 Å². The van der Waals surface area contributed by atoms with E-state index in [0.717, 1.165) is 31.9 Å². The number of nitrogens with zero attached hydrogens (tertiary/aromatic N) is 1. The third-order valence-electron chi connectivity index (χ3n) is 3.58. The molecule has 0 bridgehead atoms. The maximum Gasteiger partial charge on any atom is 0.235 e. The number of hydrogen-bond acceptors (Lipinski definition) is 3. The van der Waals surface area contributed by atoms with Gasteiger partial charge in [-0.1, -0.05) is 39.5 Å². The van der Waals surface area contributed by atoms with Gasteiger partial charge in [0.25, 0.3) is 0 Å². The zero-order valence-corrected chi connectivity index (χ0v) is 13.7. The van der Waals surface area contributed by atoms with E-state index in [0.29, 0.717) is 6.54 Å². The smallest absolute Gasteiger partial charge is 0.235 e. The first-order valence-electron chi connectivity index (χ1n) is 7.53. The Kier molecular flexibility index (Phi) is 6.95. The SMILES string of the molecule is CC(C)CN(CC(=O)NC1CCCCCC1)S(C)(=O)=O. The molecule has 0 atom stereocenters. The first-order chi connectivity index (χ1) is 9.29. The number of sulfonamides is 1. The van der Waals surface area contributed by atoms with E-state index in [2.05, 4.69) is 5.32 Å². The van der Waals surface area contributed by atoms with Crippen molar-refractivity contribution in [2.24, 2.45) is 5.92 Å². The van der Waals surface area contributed by atoms with Gasteiger partial charge in [-0.05, 0) is 18.8 Å². The molecule has 0 aromatic carbocycles. The van der Waals surface area contributed by atoms with E-state index < -0.39 is 10.0 Å². The Bertz CT molecular complexity index is 399. The average Bonchev–Trinajstić information content (AvgIpc) is 2.54. The van der Waals surface area contributed by atoms with Gasteiger partial charge in [-0.2, -0.15) is 4.31 Å². The van der Waals surface area contributed by atoms with Crippen LogP contribution in [0.25, 0.3) is 0 Å². The van der Waals surface area contributed by atoms with Crippen LogP contribution in [-0.4, -0.2) is 44.0 Å².